The van der Waals surface area contributed by atoms with Gasteiger partial charge in [0.15, 0.2) is 11.5 Å². The van der Waals surface area contributed by atoms with Gasteiger partial charge in [0.1, 0.15) is 4.90 Å². The van der Waals surface area contributed by atoms with Crippen molar-refractivity contribution in [2.24, 2.45) is 0 Å². The van der Waals surface area contributed by atoms with Gasteiger partial charge in [0.25, 0.3) is 5.91 Å². The molecule has 0 aliphatic carbocycles. The van der Waals surface area contributed by atoms with Crippen molar-refractivity contribution >= 4 is 26.0 Å². The van der Waals surface area contributed by atoms with E-state index in [4.69, 9.17) is 0 Å². The normalized spacial score (nSPS) is 15.2. The van der Waals surface area contributed by atoms with Crippen LogP contribution in [0.2, 0.25) is 0 Å². The molecule has 0 aromatic heterocycles. The van der Waals surface area contributed by atoms with Crippen molar-refractivity contribution in [2.45, 2.75) is 48.6 Å². The van der Waals surface area contributed by atoms with E-state index in [0.29, 0.717) is 24.8 Å². The average molecular weight is 678 g/mol. The summed E-state index contributed by atoms with van der Waals surface area (Å²) in [6.07, 6.45) is 2.16. The molecule has 0 saturated heterocycles. The number of aryl methyl sites for hydroxylation is 1. The highest BCUT2D eigenvalue weighted by atomic mass is 32.2. The molecule has 13 heteroatoms. The van der Waals surface area contributed by atoms with E-state index in [0.717, 1.165) is 39.0 Å². The number of fused-ring (bicyclic) bond motifs is 2. The monoisotopic (exact) mass is 677 g/mol. The van der Waals surface area contributed by atoms with Crippen LogP contribution in [-0.2, 0) is 52.4 Å². The predicted molar refractivity (Wildman–Crippen MR) is 174 cm³/mol. The number of aromatic hydroxyl groups is 3. The highest BCUT2D eigenvalue weighted by Gasteiger charge is 2.35. The van der Waals surface area contributed by atoms with Gasteiger partial charge in [0.2, 0.25) is 25.8 Å². The molecule has 0 unspecified atom stereocenters. The van der Waals surface area contributed by atoms with Crippen molar-refractivity contribution in [2.75, 3.05) is 19.6 Å². The van der Waals surface area contributed by atoms with Crippen LogP contribution in [0.25, 0.3) is 0 Å². The van der Waals surface area contributed by atoms with E-state index in [1.54, 1.807) is 12.1 Å². The Morgan fingerprint density at radius 1 is 0.723 bits per heavy atom. The second kappa shape index (κ2) is 13.0. The maximum absolute atomic E-state index is 13.7. The molecule has 0 spiro atoms. The van der Waals surface area contributed by atoms with Gasteiger partial charge in [-0.25, -0.2) is 21.6 Å². The van der Waals surface area contributed by atoms with Crippen LogP contribution in [0.3, 0.4) is 0 Å². The topological polar surface area (TPSA) is 165 Å². The molecule has 6 rings (SSSR count). The second-order valence-corrected chi connectivity index (χ2v) is 15.4. The first-order valence-corrected chi connectivity index (χ1v) is 18.2. The number of phenolic OH excluding ortho intramolecular Hbond substituents is 3. The molecule has 11 nitrogen and oxygen atoms in total. The molecule has 47 heavy (non-hydrogen) atoms. The van der Waals surface area contributed by atoms with Crippen molar-refractivity contribution in [3.8, 4) is 17.2 Å². The lowest BCUT2D eigenvalue weighted by Gasteiger charge is -2.30. The summed E-state index contributed by atoms with van der Waals surface area (Å²) in [4.78, 5) is 14.4. The quantitative estimate of drug-likeness (QED) is 0.154. The Morgan fingerprint density at radius 3 is 2.17 bits per heavy atom. The molecule has 1 amide bonds. The first-order valence-electron chi connectivity index (χ1n) is 15.2. The number of rotatable bonds is 9. The molecule has 4 N–H and O–H groups in total. The SMILES string of the molecule is O=C(c1cc(S(=O)(=O)N2CCc3ccccc3C2)c(O)c(O)c1O)N1CCc2ccc(S(=O)(=O)NCCCc3ccccc3)cc2C1. The molecule has 0 fully saturated rings. The van der Waals surface area contributed by atoms with Crippen molar-refractivity contribution in [1.82, 2.24) is 13.9 Å². The van der Waals surface area contributed by atoms with Crippen molar-refractivity contribution in [1.29, 1.82) is 0 Å². The Labute approximate surface area is 273 Å². The van der Waals surface area contributed by atoms with Gasteiger partial charge in [-0.1, -0.05) is 60.7 Å². The van der Waals surface area contributed by atoms with Gasteiger partial charge in [0, 0.05) is 32.7 Å². The highest BCUT2D eigenvalue weighted by Crippen LogP contribution is 2.44. The second-order valence-electron chi connectivity index (χ2n) is 11.7. The summed E-state index contributed by atoms with van der Waals surface area (Å²) in [6, 6.07) is 22.8. The molecule has 0 bridgehead atoms. The van der Waals surface area contributed by atoms with E-state index < -0.39 is 53.7 Å². The molecule has 0 radical (unpaired) electrons. The molecule has 2 aliphatic heterocycles. The Bertz CT molecular complexity index is 2050. The molecule has 2 heterocycles. The van der Waals surface area contributed by atoms with Gasteiger partial charge in [-0.05, 0) is 71.7 Å². The summed E-state index contributed by atoms with van der Waals surface area (Å²) in [7, 11) is -8.22. The molecule has 4 aromatic carbocycles. The fourth-order valence-electron chi connectivity index (χ4n) is 6.07. The van der Waals surface area contributed by atoms with Crippen molar-refractivity contribution < 1.29 is 36.9 Å². The first-order chi connectivity index (χ1) is 22.5. The Kier molecular flexibility index (Phi) is 8.99. The van der Waals surface area contributed by atoms with Crippen LogP contribution in [-0.4, -0.2) is 66.9 Å². The van der Waals surface area contributed by atoms with E-state index >= 15 is 0 Å². The average Bonchev–Trinajstić information content (AvgIpc) is 3.08. The van der Waals surface area contributed by atoms with Gasteiger partial charge in [-0.15, -0.1) is 0 Å². The molecule has 0 atom stereocenters. The standard InChI is InChI=1S/C34H35N3O8S2/c38-31-29(20-30(32(39)33(31)40)47(44,45)37-18-15-24-10-4-5-11-26(24)22-37)34(41)36-17-14-25-12-13-28(19-27(25)21-36)46(42,43)35-16-6-9-23-7-2-1-3-8-23/h1-5,7-8,10-13,19-20,35,38-40H,6,9,14-18,21-22H2. The lowest BCUT2D eigenvalue weighted by atomic mass is 9.99. The summed E-state index contributed by atoms with van der Waals surface area (Å²) >= 11 is 0. The zero-order chi connectivity index (χ0) is 33.3. The minimum atomic E-state index is -4.39. The van der Waals surface area contributed by atoms with Crippen LogP contribution in [0.1, 0.15) is 44.6 Å². The Hall–Kier alpha value is -4.43. The molecule has 0 saturated carbocycles. The number of sulfonamides is 2. The number of phenols is 3. The number of carbonyl (C=O) groups excluding carboxylic acids is 1. The van der Waals surface area contributed by atoms with Crippen LogP contribution in [0.15, 0.2) is 88.7 Å². The predicted octanol–water partition coefficient (Wildman–Crippen LogP) is 3.66. The van der Waals surface area contributed by atoms with E-state index in [9.17, 15) is 36.9 Å². The van der Waals surface area contributed by atoms with E-state index in [1.807, 2.05) is 48.5 Å². The minimum Gasteiger partial charge on any atom is -0.504 e. The fourth-order valence-corrected chi connectivity index (χ4v) is 8.72. The lowest BCUT2D eigenvalue weighted by Crippen LogP contribution is -2.37. The summed E-state index contributed by atoms with van der Waals surface area (Å²) < 4.78 is 57.3. The first kappa shape index (κ1) is 32.5. The Balaban J connectivity index is 1.20. The number of benzene rings is 4. The maximum Gasteiger partial charge on any atom is 0.258 e. The number of carbonyl (C=O) groups is 1. The molecular formula is C34H35N3O8S2. The third-order valence-electron chi connectivity index (χ3n) is 8.72. The molecular weight excluding hydrogens is 643 g/mol. The fraction of sp³-hybridized carbons (Fsp3) is 0.265. The lowest BCUT2D eigenvalue weighted by molar-refractivity contribution is 0.0730. The number of nitrogens with one attached hydrogen (secondary N) is 1. The van der Waals surface area contributed by atoms with Crippen LogP contribution in [0.5, 0.6) is 17.2 Å². The number of nitrogens with zero attached hydrogens (tertiary/aromatic N) is 2. The van der Waals surface area contributed by atoms with Gasteiger partial charge in [-0.2, -0.15) is 4.31 Å². The molecule has 4 aromatic rings. The van der Waals surface area contributed by atoms with Gasteiger partial charge in [-0.3, -0.25) is 4.79 Å². The number of hydrogen-bond donors (Lipinski definition) is 4. The van der Waals surface area contributed by atoms with E-state index in [2.05, 4.69) is 4.72 Å². The van der Waals surface area contributed by atoms with Gasteiger partial charge in [0.05, 0.1) is 10.5 Å². The summed E-state index contributed by atoms with van der Waals surface area (Å²) in [5, 5.41) is 31.8. The molecule has 246 valence electrons. The van der Waals surface area contributed by atoms with Crippen molar-refractivity contribution in [3.63, 3.8) is 0 Å². The van der Waals surface area contributed by atoms with E-state index in [1.165, 1.54) is 17.0 Å². The van der Waals surface area contributed by atoms with Crippen LogP contribution in [0.4, 0.5) is 0 Å². The summed E-state index contributed by atoms with van der Waals surface area (Å²) in [5.74, 6) is -3.89. The maximum atomic E-state index is 13.7. The highest BCUT2D eigenvalue weighted by molar-refractivity contribution is 7.89. The smallest absolute Gasteiger partial charge is 0.258 e. The van der Waals surface area contributed by atoms with Crippen molar-refractivity contribution in [3.05, 3.63) is 112 Å². The number of amides is 1. The van der Waals surface area contributed by atoms with E-state index in [-0.39, 0.29) is 37.6 Å². The minimum absolute atomic E-state index is 0.0163. The largest absolute Gasteiger partial charge is 0.504 e. The van der Waals surface area contributed by atoms with Crippen LogP contribution >= 0.6 is 0 Å². The van der Waals surface area contributed by atoms with Gasteiger partial charge < -0.3 is 20.2 Å². The third kappa shape index (κ3) is 6.57. The van der Waals surface area contributed by atoms with Crippen LogP contribution < -0.4 is 4.72 Å². The molecule has 2 aliphatic rings. The third-order valence-corrected chi connectivity index (χ3v) is 12.0. The Morgan fingerprint density at radius 2 is 1.40 bits per heavy atom. The zero-order valence-corrected chi connectivity index (χ0v) is 27.1. The summed E-state index contributed by atoms with van der Waals surface area (Å²) in [6.45, 7) is 0.593. The number of hydrogen-bond acceptors (Lipinski definition) is 8. The summed E-state index contributed by atoms with van der Waals surface area (Å²) in [5.41, 5.74) is 3.86. The van der Waals surface area contributed by atoms with Gasteiger partial charge >= 0.3 is 0 Å². The zero-order valence-electron chi connectivity index (χ0n) is 25.5. The van der Waals surface area contributed by atoms with Crippen LogP contribution in [0, 0.1) is 0 Å².